The molecule has 20 heavy (non-hydrogen) atoms. The SMILES string of the molecule is COC(=O)c1nn(-c2ccc([N+](=O)[O-])cc2F)cc1I. The standard InChI is InChI=1S/C11H7FIN3O4/c1-20-11(17)10-8(13)5-15(14-10)9-3-2-6(16(18)19)4-7(9)12/h2-5H,1H3. The van der Waals surface area contributed by atoms with E-state index in [4.69, 9.17) is 0 Å². The Bertz CT molecular complexity index is 701. The van der Waals surface area contributed by atoms with Gasteiger partial charge in [0.05, 0.1) is 21.7 Å². The van der Waals surface area contributed by atoms with Gasteiger partial charge < -0.3 is 4.74 Å². The number of nitrogens with zero attached hydrogens (tertiary/aromatic N) is 3. The summed E-state index contributed by atoms with van der Waals surface area (Å²) in [4.78, 5) is 21.3. The number of aromatic nitrogens is 2. The highest BCUT2D eigenvalue weighted by atomic mass is 127. The van der Waals surface area contributed by atoms with Crippen LogP contribution in [0.1, 0.15) is 10.5 Å². The quantitative estimate of drug-likeness (QED) is 0.347. The van der Waals surface area contributed by atoms with E-state index in [0.717, 1.165) is 16.8 Å². The first-order valence-electron chi connectivity index (χ1n) is 5.22. The number of halogens is 2. The van der Waals surface area contributed by atoms with E-state index in [0.29, 0.717) is 3.57 Å². The van der Waals surface area contributed by atoms with Crippen molar-refractivity contribution in [2.75, 3.05) is 7.11 Å². The van der Waals surface area contributed by atoms with Crippen LogP contribution in [0, 0.1) is 19.5 Å². The predicted octanol–water partition coefficient (Wildman–Crippen LogP) is 2.31. The van der Waals surface area contributed by atoms with E-state index in [2.05, 4.69) is 9.84 Å². The smallest absolute Gasteiger partial charge is 0.359 e. The van der Waals surface area contributed by atoms with Crippen molar-refractivity contribution >= 4 is 34.2 Å². The Hall–Kier alpha value is -2.04. The highest BCUT2D eigenvalue weighted by Gasteiger charge is 2.18. The number of carbonyl (C=O) groups is 1. The number of nitro benzene ring substituents is 1. The van der Waals surface area contributed by atoms with Crippen molar-refractivity contribution in [2.45, 2.75) is 0 Å². The molecule has 0 unspecified atom stereocenters. The molecule has 0 aliphatic carbocycles. The van der Waals surface area contributed by atoms with Gasteiger partial charge in [-0.3, -0.25) is 10.1 Å². The summed E-state index contributed by atoms with van der Waals surface area (Å²) in [5.41, 5.74) is -0.309. The highest BCUT2D eigenvalue weighted by Crippen LogP contribution is 2.21. The molecule has 0 saturated carbocycles. The van der Waals surface area contributed by atoms with Crippen LogP contribution in [0.3, 0.4) is 0 Å². The van der Waals surface area contributed by atoms with E-state index < -0.39 is 16.7 Å². The summed E-state index contributed by atoms with van der Waals surface area (Å²) >= 11 is 1.86. The number of hydrogen-bond acceptors (Lipinski definition) is 5. The van der Waals surface area contributed by atoms with Gasteiger partial charge in [0.15, 0.2) is 11.5 Å². The zero-order chi connectivity index (χ0) is 14.9. The molecule has 0 amide bonds. The molecular formula is C11H7FIN3O4. The van der Waals surface area contributed by atoms with Crippen LogP contribution in [0.15, 0.2) is 24.4 Å². The fourth-order valence-electron chi connectivity index (χ4n) is 1.51. The molecule has 0 aliphatic heterocycles. The maximum absolute atomic E-state index is 13.8. The van der Waals surface area contributed by atoms with Crippen LogP contribution in [0.5, 0.6) is 0 Å². The average molecular weight is 391 g/mol. The molecule has 0 spiro atoms. The molecular weight excluding hydrogens is 384 g/mol. The van der Waals surface area contributed by atoms with E-state index >= 15 is 0 Å². The number of non-ortho nitro benzene ring substituents is 1. The molecule has 1 aromatic carbocycles. The molecule has 2 rings (SSSR count). The van der Waals surface area contributed by atoms with Gasteiger partial charge in [0, 0.05) is 12.3 Å². The molecule has 7 nitrogen and oxygen atoms in total. The van der Waals surface area contributed by atoms with Crippen molar-refractivity contribution in [3.63, 3.8) is 0 Å². The number of methoxy groups -OCH3 is 1. The molecule has 104 valence electrons. The lowest BCUT2D eigenvalue weighted by Gasteiger charge is -2.02. The third-order valence-electron chi connectivity index (χ3n) is 2.44. The molecule has 1 heterocycles. The Labute approximate surface area is 125 Å². The third kappa shape index (κ3) is 2.61. The van der Waals surface area contributed by atoms with Gasteiger partial charge in [0.1, 0.15) is 5.69 Å². The third-order valence-corrected chi connectivity index (χ3v) is 3.23. The maximum Gasteiger partial charge on any atom is 0.359 e. The topological polar surface area (TPSA) is 87.3 Å². The van der Waals surface area contributed by atoms with Crippen molar-refractivity contribution in [3.05, 3.63) is 49.6 Å². The molecule has 9 heteroatoms. The van der Waals surface area contributed by atoms with Crippen molar-refractivity contribution in [1.82, 2.24) is 9.78 Å². The van der Waals surface area contributed by atoms with E-state index in [1.807, 2.05) is 22.6 Å². The summed E-state index contributed by atoms with van der Waals surface area (Å²) in [6.07, 6.45) is 1.43. The zero-order valence-corrected chi connectivity index (χ0v) is 12.2. The van der Waals surface area contributed by atoms with Crippen molar-refractivity contribution in [2.24, 2.45) is 0 Å². The number of carbonyl (C=O) groups excluding carboxylic acids is 1. The predicted molar refractivity (Wildman–Crippen MR) is 74.2 cm³/mol. The lowest BCUT2D eigenvalue weighted by molar-refractivity contribution is -0.385. The molecule has 0 saturated heterocycles. The first kappa shape index (κ1) is 14.4. The van der Waals surface area contributed by atoms with Crippen LogP contribution in [0.25, 0.3) is 5.69 Å². The summed E-state index contributed by atoms with van der Waals surface area (Å²) < 4.78 is 20.0. The molecule has 0 N–H and O–H groups in total. The van der Waals surface area contributed by atoms with Gasteiger partial charge in [-0.15, -0.1) is 0 Å². The first-order chi connectivity index (χ1) is 9.43. The van der Waals surface area contributed by atoms with Crippen LogP contribution in [-0.4, -0.2) is 27.8 Å². The van der Waals surface area contributed by atoms with Crippen molar-refractivity contribution in [3.8, 4) is 5.69 Å². The summed E-state index contributed by atoms with van der Waals surface area (Å²) in [7, 11) is 1.21. The molecule has 2 aromatic rings. The number of ether oxygens (including phenoxy) is 1. The first-order valence-corrected chi connectivity index (χ1v) is 6.29. The highest BCUT2D eigenvalue weighted by molar-refractivity contribution is 14.1. The minimum Gasteiger partial charge on any atom is -0.464 e. The Balaban J connectivity index is 2.47. The van der Waals surface area contributed by atoms with Gasteiger partial charge in [-0.05, 0) is 28.7 Å². The molecule has 0 radical (unpaired) electrons. The second-order valence-corrected chi connectivity index (χ2v) is 4.82. The summed E-state index contributed by atoms with van der Waals surface area (Å²) in [5.74, 6) is -1.45. The Kier molecular flexibility index (Phi) is 3.97. The minimum atomic E-state index is -0.811. The minimum absolute atomic E-state index is 0.00340. The van der Waals surface area contributed by atoms with Crippen LogP contribution >= 0.6 is 22.6 Å². The van der Waals surface area contributed by atoms with Crippen LogP contribution in [0.2, 0.25) is 0 Å². The second-order valence-electron chi connectivity index (χ2n) is 3.65. The average Bonchev–Trinajstić information content (AvgIpc) is 2.79. The maximum atomic E-state index is 13.8. The molecule has 0 aliphatic rings. The Morgan fingerprint density at radius 3 is 2.80 bits per heavy atom. The Morgan fingerprint density at radius 1 is 1.55 bits per heavy atom. The fourth-order valence-corrected chi connectivity index (χ4v) is 2.10. The summed E-state index contributed by atoms with van der Waals surface area (Å²) in [6, 6.07) is 3.17. The number of nitro groups is 1. The van der Waals surface area contributed by atoms with Gasteiger partial charge in [-0.2, -0.15) is 5.10 Å². The summed E-state index contributed by atoms with van der Waals surface area (Å²) in [6.45, 7) is 0. The second kappa shape index (κ2) is 5.53. The normalized spacial score (nSPS) is 10.3. The van der Waals surface area contributed by atoms with Crippen LogP contribution < -0.4 is 0 Å². The monoisotopic (exact) mass is 391 g/mol. The van der Waals surface area contributed by atoms with E-state index in [-0.39, 0.29) is 17.1 Å². The van der Waals surface area contributed by atoms with Crippen LogP contribution in [-0.2, 0) is 4.74 Å². The number of hydrogen-bond donors (Lipinski definition) is 0. The van der Waals surface area contributed by atoms with E-state index in [1.165, 1.54) is 19.4 Å². The number of benzene rings is 1. The van der Waals surface area contributed by atoms with Crippen molar-refractivity contribution in [1.29, 1.82) is 0 Å². The van der Waals surface area contributed by atoms with Gasteiger partial charge in [0.2, 0.25) is 0 Å². The molecule has 0 bridgehead atoms. The largest absolute Gasteiger partial charge is 0.464 e. The van der Waals surface area contributed by atoms with E-state index in [9.17, 15) is 19.3 Å². The number of esters is 1. The molecule has 0 fully saturated rings. The van der Waals surface area contributed by atoms with Gasteiger partial charge in [-0.1, -0.05) is 0 Å². The fraction of sp³-hybridized carbons (Fsp3) is 0.0909. The lowest BCUT2D eigenvalue weighted by Crippen LogP contribution is -2.06. The van der Waals surface area contributed by atoms with Crippen LogP contribution in [0.4, 0.5) is 10.1 Å². The molecule has 0 atom stereocenters. The van der Waals surface area contributed by atoms with Crippen molar-refractivity contribution < 1.29 is 18.8 Å². The number of rotatable bonds is 3. The molecule has 1 aromatic heterocycles. The van der Waals surface area contributed by atoms with Gasteiger partial charge >= 0.3 is 5.97 Å². The van der Waals surface area contributed by atoms with E-state index in [1.54, 1.807) is 0 Å². The summed E-state index contributed by atoms with van der Waals surface area (Å²) in [5, 5.41) is 14.5. The van der Waals surface area contributed by atoms with Gasteiger partial charge in [-0.25, -0.2) is 13.9 Å². The zero-order valence-electron chi connectivity index (χ0n) is 10.0. The Morgan fingerprint density at radius 2 is 2.25 bits per heavy atom. The lowest BCUT2D eigenvalue weighted by atomic mass is 10.2. The van der Waals surface area contributed by atoms with Gasteiger partial charge in [0.25, 0.3) is 5.69 Å².